The van der Waals surface area contributed by atoms with Gasteiger partial charge in [0.25, 0.3) is 0 Å². The standard InChI is InChI=1S/C42H60N4O6S/c1-8-51-39-29(14-10-16-33(39)27-12-9-13-28(18-27)40(49)43-31(23-45(6)7)21-32-15-11-17-53-32)22-46-38(37(26(3)48)36(24-47)52-46)41(50)44-35-20-30-19-34(25(35)2)42(30,4)5/h9-18,25-26,30-31,34-38,40,43,47-49H,8,19-24H2,1-7H3,(H,44,50)/t25-,26-,30+,31-,34-,35-,36-,37+,38-,40?/m0/s1. The zero-order chi connectivity index (χ0) is 38.0. The number of para-hydroxylation sites is 1. The number of hydroxylamine groups is 2. The Bertz CT molecular complexity index is 1670. The van der Waals surface area contributed by atoms with Crippen LogP contribution in [0.15, 0.2) is 60.0 Å². The van der Waals surface area contributed by atoms with Crippen LogP contribution in [0.25, 0.3) is 11.1 Å². The normalized spacial score (nSPS) is 28.3. The predicted octanol–water partition coefficient (Wildman–Crippen LogP) is 5.23. The predicted molar refractivity (Wildman–Crippen MR) is 209 cm³/mol. The van der Waals surface area contributed by atoms with Gasteiger partial charge in [0, 0.05) is 40.6 Å². The molecule has 0 spiro atoms. The van der Waals surface area contributed by atoms with Crippen LogP contribution in [-0.2, 0) is 22.6 Å². The molecule has 1 aromatic heterocycles. The largest absolute Gasteiger partial charge is 0.493 e. The molecule has 5 N–H and O–H groups in total. The van der Waals surface area contributed by atoms with Crippen LogP contribution in [-0.4, -0.2) is 95.4 Å². The van der Waals surface area contributed by atoms with Crippen LogP contribution in [0.1, 0.15) is 69.7 Å². The second-order valence-electron chi connectivity index (χ2n) is 16.4. The molecule has 11 heteroatoms. The van der Waals surface area contributed by atoms with Gasteiger partial charge in [0.15, 0.2) is 0 Å². The summed E-state index contributed by atoms with van der Waals surface area (Å²) in [6.07, 6.45) is 0.468. The SMILES string of the molecule is CCOc1c(CN2O[C@@H](CO)[C@@H]([C@H](C)O)[C@H]2C(=O)N[C@H]2C[C@H]3C[C@@H]([C@@H]2C)C3(C)C)cccc1-c1cccc(C(O)N[C@@H](Cc2cccs2)CN(C)C)c1. The van der Waals surface area contributed by atoms with Gasteiger partial charge in [-0.3, -0.25) is 14.9 Å². The number of hydrogen-bond donors (Lipinski definition) is 5. The molecule has 2 aromatic carbocycles. The third-order valence-corrected chi connectivity index (χ3v) is 13.2. The lowest BCUT2D eigenvalue weighted by Crippen LogP contribution is -2.62. The Morgan fingerprint density at radius 3 is 2.55 bits per heavy atom. The number of benzene rings is 2. The molecule has 2 bridgehead atoms. The molecule has 1 unspecified atom stereocenters. The molecule has 3 aliphatic carbocycles. The van der Waals surface area contributed by atoms with E-state index in [0.717, 1.165) is 41.6 Å². The van der Waals surface area contributed by atoms with E-state index in [1.165, 1.54) is 11.3 Å². The van der Waals surface area contributed by atoms with Crippen LogP contribution in [0.4, 0.5) is 0 Å². The van der Waals surface area contributed by atoms with Gasteiger partial charge in [0.05, 0.1) is 25.9 Å². The Kier molecular flexibility index (Phi) is 12.7. The summed E-state index contributed by atoms with van der Waals surface area (Å²) in [5.74, 6) is 1.35. The van der Waals surface area contributed by atoms with Gasteiger partial charge in [0.1, 0.15) is 24.1 Å². The Morgan fingerprint density at radius 1 is 1.13 bits per heavy atom. The molecule has 290 valence electrons. The first-order valence-corrected chi connectivity index (χ1v) is 20.2. The van der Waals surface area contributed by atoms with Gasteiger partial charge < -0.3 is 30.3 Å². The first-order chi connectivity index (χ1) is 25.3. The van der Waals surface area contributed by atoms with E-state index in [1.54, 1.807) is 23.3 Å². The number of carbonyl (C=O) groups excluding carboxylic acids is 1. The van der Waals surface area contributed by atoms with E-state index in [4.69, 9.17) is 9.57 Å². The average Bonchev–Trinajstić information content (AvgIpc) is 3.77. The molecular weight excluding hydrogens is 689 g/mol. The number of aliphatic hydroxyl groups is 3. The summed E-state index contributed by atoms with van der Waals surface area (Å²) in [6, 6.07) is 17.3. The van der Waals surface area contributed by atoms with E-state index in [9.17, 15) is 20.1 Å². The minimum Gasteiger partial charge on any atom is -0.493 e. The maximum Gasteiger partial charge on any atom is 0.240 e. The van der Waals surface area contributed by atoms with Gasteiger partial charge in [-0.05, 0) is 99.0 Å². The number of hydrogen-bond acceptors (Lipinski definition) is 10. The molecular formula is C42H60N4O6S. The van der Waals surface area contributed by atoms with Gasteiger partial charge >= 0.3 is 0 Å². The monoisotopic (exact) mass is 748 g/mol. The Morgan fingerprint density at radius 2 is 1.91 bits per heavy atom. The molecule has 4 aliphatic rings. The van der Waals surface area contributed by atoms with Gasteiger partial charge in [-0.15, -0.1) is 11.3 Å². The quantitative estimate of drug-likeness (QED) is 0.125. The summed E-state index contributed by atoms with van der Waals surface area (Å²) in [6.45, 7) is 11.6. The highest BCUT2D eigenvalue weighted by Gasteiger charge is 2.57. The van der Waals surface area contributed by atoms with Crippen molar-refractivity contribution in [2.75, 3.05) is 33.9 Å². The van der Waals surface area contributed by atoms with Gasteiger partial charge in [-0.25, -0.2) is 0 Å². The number of aliphatic hydroxyl groups excluding tert-OH is 3. The lowest BCUT2D eigenvalue weighted by molar-refractivity contribution is -0.183. The lowest BCUT2D eigenvalue weighted by Gasteiger charge is -2.62. The summed E-state index contributed by atoms with van der Waals surface area (Å²) >= 11 is 1.72. The van der Waals surface area contributed by atoms with E-state index in [0.29, 0.717) is 35.5 Å². The molecule has 1 saturated heterocycles. The number of fused-ring (bicyclic) bond motifs is 2. The van der Waals surface area contributed by atoms with Crippen molar-refractivity contribution in [1.29, 1.82) is 0 Å². The fourth-order valence-corrected chi connectivity index (χ4v) is 10.2. The number of amides is 1. The molecule has 10 atom stereocenters. The molecule has 10 nitrogen and oxygen atoms in total. The van der Waals surface area contributed by atoms with Crippen molar-refractivity contribution in [3.05, 3.63) is 76.0 Å². The number of likely N-dealkylation sites (N-methyl/N-ethyl adjacent to an activating group) is 1. The highest BCUT2D eigenvalue weighted by molar-refractivity contribution is 7.09. The number of nitrogens with one attached hydrogen (secondary N) is 2. The molecule has 4 fully saturated rings. The third kappa shape index (κ3) is 8.53. The molecule has 0 radical (unpaired) electrons. The number of nitrogens with zero attached hydrogens (tertiary/aromatic N) is 2. The smallest absolute Gasteiger partial charge is 0.240 e. The summed E-state index contributed by atoms with van der Waals surface area (Å²) in [4.78, 5) is 23.9. The number of rotatable bonds is 16. The fourth-order valence-electron chi connectivity index (χ4n) is 9.39. The average molecular weight is 749 g/mol. The summed E-state index contributed by atoms with van der Waals surface area (Å²) in [5, 5.41) is 43.3. The van der Waals surface area contributed by atoms with E-state index >= 15 is 0 Å². The van der Waals surface area contributed by atoms with Crippen LogP contribution in [0.3, 0.4) is 0 Å². The highest BCUT2D eigenvalue weighted by atomic mass is 32.1. The summed E-state index contributed by atoms with van der Waals surface area (Å²) in [7, 11) is 4.07. The lowest BCUT2D eigenvalue weighted by atomic mass is 9.45. The van der Waals surface area contributed by atoms with Gasteiger partial charge in [-0.1, -0.05) is 63.2 Å². The van der Waals surface area contributed by atoms with Crippen LogP contribution in [0, 0.1) is 29.1 Å². The summed E-state index contributed by atoms with van der Waals surface area (Å²) < 4.78 is 6.33. The molecule has 3 saturated carbocycles. The van der Waals surface area contributed by atoms with Crippen molar-refractivity contribution >= 4 is 17.2 Å². The van der Waals surface area contributed by atoms with Crippen molar-refractivity contribution in [2.45, 2.75) is 97.0 Å². The minimum atomic E-state index is -0.882. The molecule has 1 aliphatic heterocycles. The van der Waals surface area contributed by atoms with E-state index in [1.807, 2.05) is 63.5 Å². The first-order valence-electron chi connectivity index (χ1n) is 19.3. The molecule has 53 heavy (non-hydrogen) atoms. The Balaban J connectivity index is 1.24. The van der Waals surface area contributed by atoms with Crippen molar-refractivity contribution in [3.63, 3.8) is 0 Å². The van der Waals surface area contributed by atoms with Gasteiger partial charge in [0.2, 0.25) is 5.91 Å². The van der Waals surface area contributed by atoms with Crippen LogP contribution >= 0.6 is 11.3 Å². The highest BCUT2D eigenvalue weighted by Crippen LogP contribution is 2.61. The van der Waals surface area contributed by atoms with Crippen LogP contribution in [0.2, 0.25) is 0 Å². The zero-order valence-electron chi connectivity index (χ0n) is 32.4. The van der Waals surface area contributed by atoms with Crippen molar-refractivity contribution < 1.29 is 29.7 Å². The van der Waals surface area contributed by atoms with E-state index in [-0.39, 0.29) is 31.1 Å². The number of thiophene rings is 1. The van der Waals surface area contributed by atoms with Gasteiger partial charge in [-0.2, -0.15) is 5.06 Å². The molecule has 3 aromatic rings. The Labute approximate surface area is 319 Å². The van der Waals surface area contributed by atoms with Crippen molar-refractivity contribution in [2.24, 2.45) is 29.1 Å². The second-order valence-corrected chi connectivity index (χ2v) is 17.4. The van der Waals surface area contributed by atoms with E-state index < -0.39 is 30.4 Å². The second kappa shape index (κ2) is 16.9. The minimum absolute atomic E-state index is 0.0438. The molecule has 7 rings (SSSR count). The molecule has 1 amide bonds. The summed E-state index contributed by atoms with van der Waals surface area (Å²) in [5.41, 5.74) is 3.58. The number of ether oxygens (including phenoxy) is 1. The van der Waals surface area contributed by atoms with E-state index in [2.05, 4.69) is 53.8 Å². The maximum atomic E-state index is 14.3. The zero-order valence-corrected chi connectivity index (χ0v) is 33.2. The van der Waals surface area contributed by atoms with Crippen molar-refractivity contribution in [1.82, 2.24) is 20.6 Å². The Hall–Kier alpha value is -2.87. The first kappa shape index (κ1) is 39.8. The topological polar surface area (TPSA) is 127 Å². The number of carbonyl (C=O) groups is 1. The van der Waals surface area contributed by atoms with Crippen LogP contribution in [0.5, 0.6) is 5.75 Å². The van der Waals surface area contributed by atoms with Crippen molar-refractivity contribution in [3.8, 4) is 16.9 Å². The third-order valence-electron chi connectivity index (χ3n) is 12.3. The fraction of sp³-hybridized carbons (Fsp3) is 0.595. The maximum absolute atomic E-state index is 14.3. The van der Waals surface area contributed by atoms with Crippen LogP contribution < -0.4 is 15.4 Å². The molecule has 2 heterocycles.